The molecule has 0 saturated heterocycles. The fraction of sp³-hybridized carbons (Fsp3) is 0. The molecule has 0 aliphatic rings. The second kappa shape index (κ2) is 3.87. The average Bonchev–Trinajstić information content (AvgIpc) is 1.36. The van der Waals surface area contributed by atoms with Crippen molar-refractivity contribution in [1.82, 2.24) is 0 Å². The van der Waals surface area contributed by atoms with E-state index in [1.54, 1.807) is 0 Å². The minimum absolute atomic E-state index is 3.50. The fourth-order valence-corrected chi connectivity index (χ4v) is 0. The van der Waals surface area contributed by atoms with E-state index in [0.29, 0.717) is 0 Å². The van der Waals surface area contributed by atoms with Crippen LogP contribution in [0.3, 0.4) is 0 Å². The summed E-state index contributed by atoms with van der Waals surface area (Å²) < 4.78 is 25.2. The molecule has 0 amide bonds. The van der Waals surface area contributed by atoms with E-state index < -0.39 is 9.33 Å². The predicted octanol–water partition coefficient (Wildman–Crippen LogP) is 0.168. The van der Waals surface area contributed by atoms with Crippen molar-refractivity contribution in [3.05, 3.63) is 0 Å². The molecule has 0 spiro atoms. The van der Waals surface area contributed by atoms with Gasteiger partial charge in [-0.05, 0) is 0 Å². The molecule has 1 N–H and O–H groups in total. The number of halogens is 1. The Balaban J connectivity index is 0. The van der Waals surface area contributed by atoms with Gasteiger partial charge in [-0.2, -0.15) is 8.42 Å². The van der Waals surface area contributed by atoms with Crippen LogP contribution >= 0.6 is 10.7 Å². The van der Waals surface area contributed by atoms with Crippen molar-refractivity contribution in [2.75, 3.05) is 0 Å². The molecule has 0 aliphatic carbocycles. The van der Waals surface area contributed by atoms with Crippen LogP contribution in [0.4, 0.5) is 0 Å². The molecule has 0 aromatic rings. The molecule has 0 heterocycles. The third-order valence-corrected chi connectivity index (χ3v) is 0. The highest BCUT2D eigenvalue weighted by atomic mass is 35.7. The van der Waals surface area contributed by atoms with Crippen molar-refractivity contribution in [2.24, 2.45) is 0 Å². The quantitative estimate of drug-likeness (QED) is 0.387. The molecule has 0 unspecified atom stereocenters. The van der Waals surface area contributed by atoms with Gasteiger partial charge in [-0.1, -0.05) is 0 Å². The summed E-state index contributed by atoms with van der Waals surface area (Å²) in [6.07, 6.45) is 0. The van der Waals surface area contributed by atoms with E-state index in [2.05, 4.69) is 17.3 Å². The average molecular weight is 144 g/mol. The normalized spacial score (nSPS) is 8.57. The summed E-state index contributed by atoms with van der Waals surface area (Å²) in [6.45, 7) is 3.50. The molecule has 6 heteroatoms. The third-order valence-electron chi connectivity index (χ3n) is 0. The Morgan fingerprint density at radius 1 is 1.57 bits per heavy atom. The number of hydrogen-bond acceptors (Lipinski definition) is 3. The molecule has 0 fully saturated rings. The minimum atomic E-state index is -4.19. The Labute approximate surface area is 45.6 Å². The zero-order valence-corrected chi connectivity index (χ0v) is 4.65. The van der Waals surface area contributed by atoms with Crippen LogP contribution < -0.4 is 0 Å². The first kappa shape index (κ1) is 9.85. The van der Waals surface area contributed by atoms with E-state index in [1.807, 2.05) is 0 Å². The summed E-state index contributed by atoms with van der Waals surface area (Å²) in [5.41, 5.74) is 0. The molecule has 0 radical (unpaired) electrons. The Morgan fingerprint density at radius 2 is 1.57 bits per heavy atom. The molecular formula is CH2ClNO3S. The minimum Gasteiger partial charge on any atom is -0.273 e. The first-order chi connectivity index (χ1) is 3.00. The van der Waals surface area contributed by atoms with E-state index in [4.69, 9.17) is 18.2 Å². The van der Waals surface area contributed by atoms with E-state index in [1.165, 1.54) is 0 Å². The summed E-state index contributed by atoms with van der Waals surface area (Å²) in [6, 6.07) is 0. The largest absolute Gasteiger partial charge is 0.353 e. The van der Waals surface area contributed by atoms with Crippen molar-refractivity contribution >= 4 is 20.0 Å². The van der Waals surface area contributed by atoms with Gasteiger partial charge in [0, 0.05) is 17.3 Å². The van der Waals surface area contributed by atoms with Gasteiger partial charge in [0.25, 0.3) is 0 Å². The van der Waals surface area contributed by atoms with Crippen LogP contribution in [0, 0.1) is 11.8 Å². The van der Waals surface area contributed by atoms with Crippen molar-refractivity contribution in [1.29, 1.82) is 5.26 Å². The zero-order valence-electron chi connectivity index (χ0n) is 3.07. The van der Waals surface area contributed by atoms with E-state index >= 15 is 0 Å². The molecule has 0 aliphatic heterocycles. The van der Waals surface area contributed by atoms with Crippen LogP contribution in [0.2, 0.25) is 0 Å². The predicted molar refractivity (Wildman–Crippen MR) is 24.1 cm³/mol. The van der Waals surface area contributed by atoms with Crippen LogP contribution in [-0.2, 0) is 9.33 Å². The Hall–Kier alpha value is -0.310. The number of nitriles is 1. The summed E-state index contributed by atoms with van der Waals surface area (Å²) in [5.74, 6) is 0. The van der Waals surface area contributed by atoms with Gasteiger partial charge in [0.2, 0.25) is 0 Å². The van der Waals surface area contributed by atoms with Crippen LogP contribution in [0.1, 0.15) is 0 Å². The van der Waals surface area contributed by atoms with Crippen LogP contribution in [0.15, 0.2) is 0 Å². The molecule has 4 nitrogen and oxygen atoms in total. The van der Waals surface area contributed by atoms with E-state index in [-0.39, 0.29) is 0 Å². The number of hydrogen-bond donors (Lipinski definition) is 1. The lowest BCUT2D eigenvalue weighted by Gasteiger charge is -1.65. The van der Waals surface area contributed by atoms with E-state index in [0.717, 1.165) is 0 Å². The monoisotopic (exact) mass is 143 g/mol. The zero-order chi connectivity index (χ0) is 6.50. The molecule has 0 atom stereocenters. The first-order valence-electron chi connectivity index (χ1n) is 0.928. The standard InChI is InChI=1S/CHN.ClHO3S/c1-2;1-5(2,3)4/h1H;(H,2,3,4). The molecule has 0 rings (SSSR count). The van der Waals surface area contributed by atoms with Crippen molar-refractivity contribution in [2.45, 2.75) is 0 Å². The maximum absolute atomic E-state index is 8.95. The lowest BCUT2D eigenvalue weighted by atomic mass is 11.9. The molecule has 0 bridgehead atoms. The van der Waals surface area contributed by atoms with Crippen molar-refractivity contribution < 1.29 is 13.0 Å². The van der Waals surface area contributed by atoms with Crippen LogP contribution in [0.25, 0.3) is 0 Å². The first-order valence-corrected chi connectivity index (χ1v) is 3.19. The third kappa shape index (κ3) is 806. The van der Waals surface area contributed by atoms with Gasteiger partial charge in [0.15, 0.2) is 0 Å². The van der Waals surface area contributed by atoms with Gasteiger partial charge < -0.3 is 0 Å². The summed E-state index contributed by atoms with van der Waals surface area (Å²) in [4.78, 5) is 0. The second-order valence-corrected chi connectivity index (χ2v) is 2.41. The maximum atomic E-state index is 8.95. The van der Waals surface area contributed by atoms with E-state index in [9.17, 15) is 0 Å². The lowest BCUT2D eigenvalue weighted by Crippen LogP contribution is -1.77. The van der Waals surface area contributed by atoms with Gasteiger partial charge in [0.05, 0.1) is 0 Å². The lowest BCUT2D eigenvalue weighted by molar-refractivity contribution is 0.501. The topological polar surface area (TPSA) is 78.2 Å². The molecular weight excluding hydrogens is 142 g/mol. The SMILES string of the molecule is C#N.O=S(=O)(O)Cl. The molecule has 0 saturated carbocycles. The Bertz CT molecular complexity index is 126. The highest BCUT2D eigenvalue weighted by Gasteiger charge is 1.86. The van der Waals surface area contributed by atoms with Crippen LogP contribution in [0.5, 0.6) is 0 Å². The molecule has 0 aromatic heterocycles. The smallest absolute Gasteiger partial charge is 0.273 e. The Kier molecular flexibility index (Phi) is 5.44. The highest BCUT2D eigenvalue weighted by molar-refractivity contribution is 8.09. The van der Waals surface area contributed by atoms with Gasteiger partial charge in [-0.15, -0.1) is 0 Å². The van der Waals surface area contributed by atoms with Gasteiger partial charge in [-0.3, -0.25) is 4.55 Å². The fourth-order valence-electron chi connectivity index (χ4n) is 0. The summed E-state index contributed by atoms with van der Waals surface area (Å²) in [7, 11) is -0.137. The maximum Gasteiger partial charge on any atom is 0.353 e. The van der Waals surface area contributed by atoms with Gasteiger partial charge in [-0.25, -0.2) is 5.26 Å². The van der Waals surface area contributed by atoms with Gasteiger partial charge >= 0.3 is 9.33 Å². The number of nitrogens with zero attached hydrogens (tertiary/aromatic N) is 1. The van der Waals surface area contributed by atoms with Crippen molar-refractivity contribution in [3.8, 4) is 6.57 Å². The van der Waals surface area contributed by atoms with Crippen molar-refractivity contribution in [3.63, 3.8) is 0 Å². The summed E-state index contributed by atoms with van der Waals surface area (Å²) >= 11 is 0. The molecule has 42 valence electrons. The van der Waals surface area contributed by atoms with Gasteiger partial charge in [0.1, 0.15) is 0 Å². The second-order valence-electron chi connectivity index (χ2n) is 0.412. The molecule has 7 heavy (non-hydrogen) atoms. The molecule has 0 aromatic carbocycles. The summed E-state index contributed by atoms with van der Waals surface area (Å²) in [5, 5.41) is 6.50. The highest BCUT2D eigenvalue weighted by Crippen LogP contribution is 1.82. The Morgan fingerprint density at radius 3 is 1.57 bits per heavy atom. The van der Waals surface area contributed by atoms with Crippen LogP contribution in [-0.4, -0.2) is 13.0 Å². The number of rotatable bonds is 0.